The predicted octanol–water partition coefficient (Wildman–Crippen LogP) is 3.67. The van der Waals surface area contributed by atoms with Crippen molar-refractivity contribution >= 4 is 17.6 Å². The molecule has 0 saturated heterocycles. The Morgan fingerprint density at radius 1 is 1.30 bits per heavy atom. The van der Waals surface area contributed by atoms with Gasteiger partial charge in [-0.3, -0.25) is 10.1 Å². The van der Waals surface area contributed by atoms with Crippen molar-refractivity contribution in [3.8, 4) is 0 Å². The van der Waals surface area contributed by atoms with Gasteiger partial charge < -0.3 is 9.84 Å². The molecule has 0 saturated carbocycles. The van der Waals surface area contributed by atoms with Crippen LogP contribution < -0.4 is 0 Å². The number of carboxylic acid groups (broad SMARTS) is 1. The van der Waals surface area contributed by atoms with Gasteiger partial charge in [0.1, 0.15) is 0 Å². The van der Waals surface area contributed by atoms with Gasteiger partial charge in [0.05, 0.1) is 22.7 Å². The number of unbranched alkanes of at least 4 members (excludes halogenated alkanes) is 1. The number of benzene rings is 1. The van der Waals surface area contributed by atoms with E-state index in [9.17, 15) is 19.7 Å². The van der Waals surface area contributed by atoms with Gasteiger partial charge in [0.15, 0.2) is 0 Å². The smallest absolute Gasteiger partial charge is 0.339 e. The van der Waals surface area contributed by atoms with Crippen LogP contribution in [0.4, 0.5) is 5.69 Å². The highest BCUT2D eigenvalue weighted by molar-refractivity contribution is 6.02. The molecule has 1 atom stereocenters. The number of rotatable bonds is 9. The maximum Gasteiger partial charge on any atom is 0.339 e. The van der Waals surface area contributed by atoms with Gasteiger partial charge in [-0.1, -0.05) is 33.1 Å². The quantitative estimate of drug-likeness (QED) is 0.422. The first-order valence-electron chi connectivity index (χ1n) is 7.59. The number of hydrogen-bond acceptors (Lipinski definition) is 5. The highest BCUT2D eigenvalue weighted by Crippen LogP contribution is 2.20. The summed E-state index contributed by atoms with van der Waals surface area (Å²) in [4.78, 5) is 33.3. The Morgan fingerprint density at radius 2 is 2.00 bits per heavy atom. The maximum absolute atomic E-state index is 12.1. The molecule has 7 nitrogen and oxygen atoms in total. The SMILES string of the molecule is CCCCC(CC)COC(=O)c1ccc([N+](=O)[O-])cc1C(=O)O. The molecule has 0 fully saturated rings. The van der Waals surface area contributed by atoms with E-state index < -0.39 is 22.4 Å². The Balaban J connectivity index is 2.86. The molecule has 1 rings (SSSR count). The summed E-state index contributed by atoms with van der Waals surface area (Å²) < 4.78 is 5.20. The molecule has 1 aromatic carbocycles. The molecule has 0 aromatic heterocycles. The molecule has 7 heteroatoms. The molecule has 0 heterocycles. The monoisotopic (exact) mass is 323 g/mol. The van der Waals surface area contributed by atoms with Gasteiger partial charge in [0.2, 0.25) is 0 Å². The summed E-state index contributed by atoms with van der Waals surface area (Å²) in [5.41, 5.74) is -0.979. The normalized spacial score (nSPS) is 11.7. The number of hydrogen-bond donors (Lipinski definition) is 1. The zero-order chi connectivity index (χ0) is 17.4. The zero-order valence-corrected chi connectivity index (χ0v) is 13.3. The van der Waals surface area contributed by atoms with Crippen LogP contribution in [0.1, 0.15) is 60.2 Å². The van der Waals surface area contributed by atoms with Gasteiger partial charge in [-0.2, -0.15) is 0 Å². The summed E-state index contributed by atoms with van der Waals surface area (Å²) in [7, 11) is 0. The number of non-ortho nitro benzene ring substituents is 1. The van der Waals surface area contributed by atoms with Crippen LogP contribution in [0.3, 0.4) is 0 Å². The fraction of sp³-hybridized carbons (Fsp3) is 0.500. The second-order valence-corrected chi connectivity index (χ2v) is 5.31. The van der Waals surface area contributed by atoms with Crippen molar-refractivity contribution in [1.82, 2.24) is 0 Å². The van der Waals surface area contributed by atoms with Gasteiger partial charge in [-0.15, -0.1) is 0 Å². The lowest BCUT2D eigenvalue weighted by Gasteiger charge is -2.15. The lowest BCUT2D eigenvalue weighted by atomic mass is 10.0. The van der Waals surface area contributed by atoms with E-state index in [1.807, 2.05) is 6.92 Å². The second-order valence-electron chi connectivity index (χ2n) is 5.31. The molecule has 0 radical (unpaired) electrons. The molecule has 1 unspecified atom stereocenters. The summed E-state index contributed by atoms with van der Waals surface area (Å²) in [5, 5.41) is 19.8. The molecule has 1 aromatic rings. The lowest BCUT2D eigenvalue weighted by molar-refractivity contribution is -0.384. The van der Waals surface area contributed by atoms with Crippen LogP contribution in [-0.4, -0.2) is 28.6 Å². The number of carbonyl (C=O) groups excluding carboxylic acids is 1. The van der Waals surface area contributed by atoms with Crippen molar-refractivity contribution in [1.29, 1.82) is 0 Å². The minimum absolute atomic E-state index is 0.173. The summed E-state index contributed by atoms with van der Waals surface area (Å²) in [6.45, 7) is 4.29. The number of nitrogens with zero attached hydrogens (tertiary/aromatic N) is 1. The van der Waals surface area contributed by atoms with E-state index >= 15 is 0 Å². The van der Waals surface area contributed by atoms with Gasteiger partial charge in [0.25, 0.3) is 5.69 Å². The van der Waals surface area contributed by atoms with E-state index in [-0.39, 0.29) is 23.8 Å². The molecule has 0 amide bonds. The second kappa shape index (κ2) is 8.87. The average molecular weight is 323 g/mol. The first-order valence-corrected chi connectivity index (χ1v) is 7.59. The van der Waals surface area contributed by atoms with Crippen LogP contribution in [0, 0.1) is 16.0 Å². The van der Waals surface area contributed by atoms with Crippen LogP contribution in [0.15, 0.2) is 18.2 Å². The number of nitro groups is 1. The molecular weight excluding hydrogens is 302 g/mol. The van der Waals surface area contributed by atoms with E-state index in [1.54, 1.807) is 0 Å². The number of carboxylic acids is 1. The molecule has 0 bridgehead atoms. The lowest BCUT2D eigenvalue weighted by Crippen LogP contribution is -2.17. The number of carbonyl (C=O) groups is 2. The van der Waals surface area contributed by atoms with Crippen molar-refractivity contribution in [2.75, 3.05) is 6.61 Å². The Morgan fingerprint density at radius 3 is 2.52 bits per heavy atom. The predicted molar refractivity (Wildman–Crippen MR) is 83.6 cm³/mol. The number of nitro benzene ring substituents is 1. The molecule has 1 N–H and O–H groups in total. The minimum Gasteiger partial charge on any atom is -0.478 e. The Bertz CT molecular complexity index is 584. The molecule has 0 aliphatic rings. The van der Waals surface area contributed by atoms with Gasteiger partial charge in [-0.05, 0) is 18.4 Å². The topological polar surface area (TPSA) is 107 Å². The van der Waals surface area contributed by atoms with E-state index in [2.05, 4.69) is 6.92 Å². The van der Waals surface area contributed by atoms with E-state index in [0.717, 1.165) is 43.9 Å². The molecule has 126 valence electrons. The van der Waals surface area contributed by atoms with Crippen LogP contribution in [0.25, 0.3) is 0 Å². The Hall–Kier alpha value is -2.44. The van der Waals surface area contributed by atoms with E-state index in [0.29, 0.717) is 0 Å². The highest BCUT2D eigenvalue weighted by Gasteiger charge is 2.22. The molecule has 23 heavy (non-hydrogen) atoms. The fourth-order valence-corrected chi connectivity index (χ4v) is 2.17. The standard InChI is InChI=1S/C16H21NO6/c1-3-5-6-11(4-2)10-23-16(20)13-8-7-12(17(21)22)9-14(13)15(18)19/h7-9,11H,3-6,10H2,1-2H3,(H,18,19). The van der Waals surface area contributed by atoms with Crippen LogP contribution in [0.5, 0.6) is 0 Å². The minimum atomic E-state index is -1.40. The summed E-state index contributed by atoms with van der Waals surface area (Å²) in [6.07, 6.45) is 3.88. The molecular formula is C16H21NO6. The van der Waals surface area contributed by atoms with E-state index in [4.69, 9.17) is 9.84 Å². The molecule has 0 aliphatic heterocycles. The molecule has 0 spiro atoms. The average Bonchev–Trinajstić information content (AvgIpc) is 2.54. The summed E-state index contributed by atoms with van der Waals surface area (Å²) >= 11 is 0. The summed E-state index contributed by atoms with van der Waals surface area (Å²) in [5.74, 6) is -1.95. The zero-order valence-electron chi connectivity index (χ0n) is 13.3. The Kier molecular flexibility index (Phi) is 7.18. The third-order valence-electron chi connectivity index (χ3n) is 3.66. The van der Waals surface area contributed by atoms with Crippen molar-refractivity contribution < 1.29 is 24.4 Å². The van der Waals surface area contributed by atoms with Gasteiger partial charge >= 0.3 is 11.9 Å². The van der Waals surface area contributed by atoms with Crippen LogP contribution in [0.2, 0.25) is 0 Å². The largest absolute Gasteiger partial charge is 0.478 e. The van der Waals surface area contributed by atoms with Gasteiger partial charge in [0, 0.05) is 12.1 Å². The first-order chi connectivity index (χ1) is 10.9. The van der Waals surface area contributed by atoms with Crippen molar-refractivity contribution in [2.45, 2.75) is 39.5 Å². The maximum atomic E-state index is 12.1. The Labute approximate surface area is 134 Å². The number of ether oxygens (including phenoxy) is 1. The van der Waals surface area contributed by atoms with Crippen molar-refractivity contribution in [3.63, 3.8) is 0 Å². The summed E-state index contributed by atoms with van der Waals surface area (Å²) in [6, 6.07) is 3.08. The molecule has 0 aliphatic carbocycles. The third-order valence-corrected chi connectivity index (χ3v) is 3.66. The van der Waals surface area contributed by atoms with Crippen molar-refractivity contribution in [2.24, 2.45) is 5.92 Å². The highest BCUT2D eigenvalue weighted by atomic mass is 16.6. The van der Waals surface area contributed by atoms with Gasteiger partial charge in [-0.25, -0.2) is 9.59 Å². The number of esters is 1. The first kappa shape index (κ1) is 18.6. The fourth-order valence-electron chi connectivity index (χ4n) is 2.17. The van der Waals surface area contributed by atoms with E-state index in [1.165, 1.54) is 0 Å². The van der Waals surface area contributed by atoms with Crippen LogP contribution >= 0.6 is 0 Å². The number of aromatic carboxylic acids is 1. The van der Waals surface area contributed by atoms with Crippen molar-refractivity contribution in [3.05, 3.63) is 39.4 Å². The van der Waals surface area contributed by atoms with Crippen LogP contribution in [-0.2, 0) is 4.74 Å². The third kappa shape index (κ3) is 5.36.